The zero-order valence-electron chi connectivity index (χ0n) is 14.8. The van der Waals surface area contributed by atoms with Crippen LogP contribution in [0.25, 0.3) is 0 Å². The van der Waals surface area contributed by atoms with Gasteiger partial charge in [0, 0.05) is 5.69 Å². The van der Waals surface area contributed by atoms with Crippen LogP contribution < -0.4 is 10.0 Å². The molecule has 9 heteroatoms. The summed E-state index contributed by atoms with van der Waals surface area (Å²) in [4.78, 5) is 24.0. The minimum Gasteiger partial charge on any atom is -0.452 e. The first-order valence-electron chi connectivity index (χ1n) is 8.06. The summed E-state index contributed by atoms with van der Waals surface area (Å²) in [7, 11) is -2.50. The average molecular weight is 411 g/mol. The lowest BCUT2D eigenvalue weighted by Crippen LogP contribution is -2.22. The van der Waals surface area contributed by atoms with E-state index in [2.05, 4.69) is 10.0 Å². The van der Waals surface area contributed by atoms with Gasteiger partial charge in [0.15, 0.2) is 6.61 Å². The van der Waals surface area contributed by atoms with Crippen molar-refractivity contribution in [2.45, 2.75) is 18.2 Å². The van der Waals surface area contributed by atoms with Gasteiger partial charge >= 0.3 is 5.97 Å². The average Bonchev–Trinajstić information content (AvgIpc) is 2.66. The van der Waals surface area contributed by atoms with Gasteiger partial charge in [-0.25, -0.2) is 17.9 Å². The molecule has 0 spiro atoms. The Hall–Kier alpha value is -2.42. The highest BCUT2D eigenvalue weighted by Gasteiger charge is 2.19. The van der Waals surface area contributed by atoms with E-state index in [-0.39, 0.29) is 15.5 Å². The summed E-state index contributed by atoms with van der Waals surface area (Å²) in [6.45, 7) is 1.46. The number of carbonyl (C=O) groups excluding carboxylic acids is 2. The number of halogens is 1. The van der Waals surface area contributed by atoms with Crippen molar-refractivity contribution in [2.24, 2.45) is 0 Å². The van der Waals surface area contributed by atoms with Crippen LogP contribution in [-0.4, -0.2) is 33.9 Å². The first-order chi connectivity index (χ1) is 12.8. The fourth-order valence-corrected chi connectivity index (χ4v) is 3.17. The van der Waals surface area contributed by atoms with E-state index >= 15 is 0 Å². The second-order valence-electron chi connectivity index (χ2n) is 5.53. The molecular weight excluding hydrogens is 392 g/mol. The Morgan fingerprint density at radius 3 is 2.56 bits per heavy atom. The molecule has 0 radical (unpaired) electrons. The van der Waals surface area contributed by atoms with E-state index in [0.717, 1.165) is 18.1 Å². The molecular formula is C18H19ClN2O5S. The molecule has 2 N–H and O–H groups in total. The van der Waals surface area contributed by atoms with Crippen LogP contribution in [0.4, 0.5) is 5.69 Å². The van der Waals surface area contributed by atoms with Crippen LogP contribution in [-0.2, 0) is 26.0 Å². The Balaban J connectivity index is 2.04. The highest BCUT2D eigenvalue weighted by molar-refractivity contribution is 7.89. The minimum atomic E-state index is -3.75. The molecule has 27 heavy (non-hydrogen) atoms. The van der Waals surface area contributed by atoms with E-state index in [9.17, 15) is 18.0 Å². The highest BCUT2D eigenvalue weighted by Crippen LogP contribution is 2.21. The number of carbonyl (C=O) groups is 2. The fourth-order valence-electron chi connectivity index (χ4n) is 2.22. The minimum absolute atomic E-state index is 0.0195. The van der Waals surface area contributed by atoms with Crippen molar-refractivity contribution >= 4 is 39.2 Å². The molecule has 0 saturated carbocycles. The zero-order chi connectivity index (χ0) is 20.0. The van der Waals surface area contributed by atoms with E-state index in [1.165, 1.54) is 19.2 Å². The summed E-state index contributed by atoms with van der Waals surface area (Å²) in [5.41, 5.74) is 1.50. The van der Waals surface area contributed by atoms with Gasteiger partial charge in [-0.2, -0.15) is 0 Å². The number of anilines is 1. The molecule has 2 rings (SSSR count). The molecule has 1 amide bonds. The van der Waals surface area contributed by atoms with Gasteiger partial charge in [-0.05, 0) is 49.4 Å². The molecule has 0 aliphatic rings. The van der Waals surface area contributed by atoms with Crippen LogP contribution in [0.3, 0.4) is 0 Å². The first kappa shape index (κ1) is 20.9. The quantitative estimate of drug-likeness (QED) is 0.683. The molecule has 0 bridgehead atoms. The van der Waals surface area contributed by atoms with Gasteiger partial charge in [0.05, 0.1) is 15.5 Å². The molecule has 0 aromatic heterocycles. The normalized spacial score (nSPS) is 11.1. The van der Waals surface area contributed by atoms with Gasteiger partial charge in [0.25, 0.3) is 5.91 Å². The maximum Gasteiger partial charge on any atom is 0.340 e. The number of rotatable bonds is 7. The third kappa shape index (κ3) is 5.53. The van der Waals surface area contributed by atoms with E-state index in [4.69, 9.17) is 16.3 Å². The molecule has 0 aliphatic heterocycles. The predicted molar refractivity (Wildman–Crippen MR) is 102 cm³/mol. The number of benzene rings is 2. The second kappa shape index (κ2) is 8.98. The van der Waals surface area contributed by atoms with E-state index in [1.807, 2.05) is 25.1 Å². The Morgan fingerprint density at radius 2 is 1.89 bits per heavy atom. The summed E-state index contributed by atoms with van der Waals surface area (Å²) in [5.74, 6) is -1.42. The van der Waals surface area contributed by atoms with Crippen molar-refractivity contribution in [3.63, 3.8) is 0 Å². The Kier molecular flexibility index (Phi) is 6.95. The summed E-state index contributed by atoms with van der Waals surface area (Å²) in [5, 5.41) is 2.65. The standard InChI is InChI=1S/C18H19ClN2O5S/c1-3-12-5-4-6-13(9-12)21-17(22)11-26-18(23)15-10-14(7-8-16(15)19)27(24,25)20-2/h4-10,20H,3,11H2,1-2H3,(H,21,22). The SMILES string of the molecule is CCc1cccc(NC(=O)COC(=O)c2cc(S(=O)(=O)NC)ccc2Cl)c1. The lowest BCUT2D eigenvalue weighted by molar-refractivity contribution is -0.119. The summed E-state index contributed by atoms with van der Waals surface area (Å²) < 4.78 is 30.8. The molecule has 0 atom stereocenters. The number of hydrogen-bond acceptors (Lipinski definition) is 5. The van der Waals surface area contributed by atoms with Gasteiger partial charge in [-0.15, -0.1) is 0 Å². The maximum absolute atomic E-state index is 12.2. The van der Waals surface area contributed by atoms with Gasteiger partial charge in [-0.1, -0.05) is 30.7 Å². The third-order valence-electron chi connectivity index (χ3n) is 3.69. The van der Waals surface area contributed by atoms with E-state index in [0.29, 0.717) is 5.69 Å². The largest absolute Gasteiger partial charge is 0.452 e. The molecule has 0 unspecified atom stereocenters. The van der Waals surface area contributed by atoms with Crippen molar-refractivity contribution in [1.29, 1.82) is 0 Å². The van der Waals surface area contributed by atoms with E-state index in [1.54, 1.807) is 6.07 Å². The zero-order valence-corrected chi connectivity index (χ0v) is 16.4. The van der Waals surface area contributed by atoms with Crippen molar-refractivity contribution < 1.29 is 22.7 Å². The summed E-state index contributed by atoms with van der Waals surface area (Å²) >= 11 is 5.95. The first-order valence-corrected chi connectivity index (χ1v) is 9.92. The number of nitrogens with one attached hydrogen (secondary N) is 2. The van der Waals surface area contributed by atoms with Crippen molar-refractivity contribution in [3.8, 4) is 0 Å². The molecule has 0 aliphatic carbocycles. The van der Waals surface area contributed by atoms with Gasteiger partial charge in [-0.3, -0.25) is 4.79 Å². The number of amides is 1. The van der Waals surface area contributed by atoms with Gasteiger partial charge in [0.1, 0.15) is 0 Å². The van der Waals surface area contributed by atoms with Crippen LogP contribution in [0.15, 0.2) is 47.4 Å². The fraction of sp³-hybridized carbons (Fsp3) is 0.222. The molecule has 2 aromatic rings. The Bertz CT molecular complexity index is 960. The molecule has 0 heterocycles. The van der Waals surface area contributed by atoms with Crippen LogP contribution in [0.2, 0.25) is 5.02 Å². The predicted octanol–water partition coefficient (Wildman–Crippen LogP) is 2.61. The maximum atomic E-state index is 12.2. The van der Waals surface area contributed by atoms with Gasteiger partial charge in [0.2, 0.25) is 10.0 Å². The van der Waals surface area contributed by atoms with Crippen molar-refractivity contribution in [2.75, 3.05) is 19.0 Å². The van der Waals surface area contributed by atoms with Crippen LogP contribution in [0, 0.1) is 0 Å². The monoisotopic (exact) mass is 410 g/mol. The van der Waals surface area contributed by atoms with Crippen LogP contribution in [0.1, 0.15) is 22.8 Å². The van der Waals surface area contributed by atoms with Crippen molar-refractivity contribution in [1.82, 2.24) is 4.72 Å². The van der Waals surface area contributed by atoms with Crippen LogP contribution >= 0.6 is 11.6 Å². The molecule has 144 valence electrons. The second-order valence-corrected chi connectivity index (χ2v) is 7.82. The van der Waals surface area contributed by atoms with Crippen LogP contribution in [0.5, 0.6) is 0 Å². The number of esters is 1. The molecule has 0 saturated heterocycles. The number of aryl methyl sites for hydroxylation is 1. The lowest BCUT2D eigenvalue weighted by Gasteiger charge is -2.09. The number of sulfonamides is 1. The Labute approximate surface area is 162 Å². The lowest BCUT2D eigenvalue weighted by atomic mass is 10.1. The molecule has 7 nitrogen and oxygen atoms in total. The molecule has 2 aromatic carbocycles. The smallest absolute Gasteiger partial charge is 0.340 e. The van der Waals surface area contributed by atoms with E-state index < -0.39 is 28.5 Å². The topological polar surface area (TPSA) is 102 Å². The summed E-state index contributed by atoms with van der Waals surface area (Å²) in [6, 6.07) is 10.9. The van der Waals surface area contributed by atoms with Crippen molar-refractivity contribution in [3.05, 3.63) is 58.6 Å². The summed E-state index contributed by atoms with van der Waals surface area (Å²) in [6.07, 6.45) is 0.822. The Morgan fingerprint density at radius 1 is 1.15 bits per heavy atom. The molecule has 0 fully saturated rings. The number of ether oxygens (including phenoxy) is 1. The van der Waals surface area contributed by atoms with Gasteiger partial charge < -0.3 is 10.1 Å². The highest BCUT2D eigenvalue weighted by atomic mass is 35.5. The third-order valence-corrected chi connectivity index (χ3v) is 5.43. The number of hydrogen-bond donors (Lipinski definition) is 2.